The standard InChI is InChI=1S/C8H10N2O2/c1-2-6-12-8(11)7-4-3-5-9-10-7/h3-5H,2,6H2,1H3. The summed E-state index contributed by atoms with van der Waals surface area (Å²) in [7, 11) is 0. The van der Waals surface area contributed by atoms with E-state index < -0.39 is 5.97 Å². The maximum absolute atomic E-state index is 11.1. The zero-order valence-electron chi connectivity index (χ0n) is 6.86. The predicted molar refractivity (Wildman–Crippen MR) is 42.6 cm³/mol. The maximum Gasteiger partial charge on any atom is 0.358 e. The smallest absolute Gasteiger partial charge is 0.358 e. The largest absolute Gasteiger partial charge is 0.461 e. The highest BCUT2D eigenvalue weighted by Gasteiger charge is 2.06. The van der Waals surface area contributed by atoms with Crippen LogP contribution < -0.4 is 0 Å². The van der Waals surface area contributed by atoms with Gasteiger partial charge in [-0.1, -0.05) is 6.92 Å². The summed E-state index contributed by atoms with van der Waals surface area (Å²) in [6.07, 6.45) is 2.32. The number of nitrogens with zero attached hydrogens (tertiary/aromatic N) is 2. The Hall–Kier alpha value is -1.45. The lowest BCUT2D eigenvalue weighted by Crippen LogP contribution is -2.08. The molecule has 0 radical (unpaired) electrons. The van der Waals surface area contributed by atoms with Gasteiger partial charge in [0, 0.05) is 6.20 Å². The molecular weight excluding hydrogens is 156 g/mol. The average molecular weight is 166 g/mol. The summed E-state index contributed by atoms with van der Waals surface area (Å²) in [5.74, 6) is -0.412. The van der Waals surface area contributed by atoms with E-state index in [-0.39, 0.29) is 5.69 Å². The summed E-state index contributed by atoms with van der Waals surface area (Å²) in [5, 5.41) is 7.17. The first-order valence-corrected chi connectivity index (χ1v) is 3.79. The van der Waals surface area contributed by atoms with E-state index in [9.17, 15) is 4.79 Å². The zero-order valence-corrected chi connectivity index (χ0v) is 6.86. The van der Waals surface area contributed by atoms with E-state index in [2.05, 4.69) is 10.2 Å². The highest BCUT2D eigenvalue weighted by molar-refractivity contribution is 5.86. The molecular formula is C8H10N2O2. The van der Waals surface area contributed by atoms with Crippen LogP contribution in [-0.2, 0) is 4.74 Å². The number of esters is 1. The fraction of sp³-hybridized carbons (Fsp3) is 0.375. The minimum Gasteiger partial charge on any atom is -0.461 e. The molecule has 64 valence electrons. The monoisotopic (exact) mass is 166 g/mol. The van der Waals surface area contributed by atoms with Crippen molar-refractivity contribution in [3.05, 3.63) is 24.0 Å². The van der Waals surface area contributed by atoms with Gasteiger partial charge in [0.15, 0.2) is 5.69 Å². The van der Waals surface area contributed by atoms with Crippen molar-refractivity contribution < 1.29 is 9.53 Å². The fourth-order valence-corrected chi connectivity index (χ4v) is 0.679. The van der Waals surface area contributed by atoms with Crippen LogP contribution >= 0.6 is 0 Å². The Morgan fingerprint density at radius 2 is 2.50 bits per heavy atom. The lowest BCUT2D eigenvalue weighted by Gasteiger charge is -1.99. The normalized spacial score (nSPS) is 9.42. The Morgan fingerprint density at radius 1 is 1.67 bits per heavy atom. The van der Waals surface area contributed by atoms with Gasteiger partial charge < -0.3 is 4.74 Å². The zero-order chi connectivity index (χ0) is 8.81. The molecule has 0 aliphatic heterocycles. The molecule has 0 N–H and O–H groups in total. The third-order valence-electron chi connectivity index (χ3n) is 1.22. The Kier molecular flexibility index (Phi) is 3.19. The van der Waals surface area contributed by atoms with Crippen molar-refractivity contribution >= 4 is 5.97 Å². The van der Waals surface area contributed by atoms with Crippen LogP contribution in [0.15, 0.2) is 18.3 Å². The average Bonchev–Trinajstić information content (AvgIpc) is 2.15. The van der Waals surface area contributed by atoms with Gasteiger partial charge in [-0.2, -0.15) is 5.10 Å². The minimum atomic E-state index is -0.412. The highest BCUT2D eigenvalue weighted by atomic mass is 16.5. The van der Waals surface area contributed by atoms with Gasteiger partial charge in [0.25, 0.3) is 0 Å². The SMILES string of the molecule is CCCOC(=O)c1cccnn1. The van der Waals surface area contributed by atoms with E-state index in [0.717, 1.165) is 6.42 Å². The molecule has 1 rings (SSSR count). The molecule has 0 atom stereocenters. The van der Waals surface area contributed by atoms with E-state index in [0.29, 0.717) is 6.61 Å². The van der Waals surface area contributed by atoms with Crippen LogP contribution in [0.25, 0.3) is 0 Å². The maximum atomic E-state index is 11.1. The van der Waals surface area contributed by atoms with Crippen molar-refractivity contribution in [2.24, 2.45) is 0 Å². The topological polar surface area (TPSA) is 52.1 Å². The highest BCUT2D eigenvalue weighted by Crippen LogP contribution is 1.95. The molecule has 1 aromatic heterocycles. The van der Waals surface area contributed by atoms with Crippen LogP contribution in [0.4, 0.5) is 0 Å². The van der Waals surface area contributed by atoms with Crippen molar-refractivity contribution in [2.45, 2.75) is 13.3 Å². The molecule has 0 spiro atoms. The summed E-state index contributed by atoms with van der Waals surface area (Å²) in [6, 6.07) is 3.22. The summed E-state index contributed by atoms with van der Waals surface area (Å²) < 4.78 is 4.84. The molecule has 0 unspecified atom stereocenters. The summed E-state index contributed by atoms with van der Waals surface area (Å²) in [5.41, 5.74) is 0.256. The third kappa shape index (κ3) is 2.30. The fourth-order valence-electron chi connectivity index (χ4n) is 0.679. The van der Waals surface area contributed by atoms with E-state index in [1.54, 1.807) is 12.1 Å². The van der Waals surface area contributed by atoms with Crippen molar-refractivity contribution in [1.82, 2.24) is 10.2 Å². The summed E-state index contributed by atoms with van der Waals surface area (Å²) in [6.45, 7) is 2.36. The molecule has 0 aliphatic carbocycles. The van der Waals surface area contributed by atoms with Gasteiger partial charge in [-0.3, -0.25) is 0 Å². The van der Waals surface area contributed by atoms with E-state index >= 15 is 0 Å². The molecule has 0 aliphatic rings. The predicted octanol–water partition coefficient (Wildman–Crippen LogP) is 1.04. The first kappa shape index (κ1) is 8.64. The number of carbonyl (C=O) groups excluding carboxylic acids is 1. The Balaban J connectivity index is 2.54. The molecule has 0 amide bonds. The van der Waals surface area contributed by atoms with Crippen LogP contribution in [0.1, 0.15) is 23.8 Å². The van der Waals surface area contributed by atoms with Crippen molar-refractivity contribution in [3.8, 4) is 0 Å². The second-order valence-electron chi connectivity index (χ2n) is 2.24. The summed E-state index contributed by atoms with van der Waals surface area (Å²) >= 11 is 0. The van der Waals surface area contributed by atoms with Crippen molar-refractivity contribution in [3.63, 3.8) is 0 Å². The van der Waals surface area contributed by atoms with E-state index in [1.165, 1.54) is 6.20 Å². The number of ether oxygens (including phenoxy) is 1. The molecule has 0 saturated heterocycles. The summed E-state index contributed by atoms with van der Waals surface area (Å²) in [4.78, 5) is 11.1. The van der Waals surface area contributed by atoms with Crippen LogP contribution in [-0.4, -0.2) is 22.8 Å². The molecule has 1 aromatic rings. The Bertz CT molecular complexity index is 248. The van der Waals surface area contributed by atoms with Gasteiger partial charge in [-0.15, -0.1) is 5.10 Å². The van der Waals surface area contributed by atoms with Crippen LogP contribution in [0.3, 0.4) is 0 Å². The lowest BCUT2D eigenvalue weighted by molar-refractivity contribution is 0.0497. The van der Waals surface area contributed by atoms with E-state index in [4.69, 9.17) is 4.74 Å². The molecule has 1 heterocycles. The quantitative estimate of drug-likeness (QED) is 0.629. The van der Waals surface area contributed by atoms with Crippen LogP contribution in [0, 0.1) is 0 Å². The Labute approximate surface area is 70.6 Å². The van der Waals surface area contributed by atoms with Gasteiger partial charge >= 0.3 is 5.97 Å². The second-order valence-corrected chi connectivity index (χ2v) is 2.24. The minimum absolute atomic E-state index is 0.256. The number of aromatic nitrogens is 2. The molecule has 4 nitrogen and oxygen atoms in total. The van der Waals surface area contributed by atoms with Gasteiger partial charge in [-0.25, -0.2) is 4.79 Å². The lowest BCUT2D eigenvalue weighted by atomic mass is 10.4. The number of hydrogen-bond donors (Lipinski definition) is 0. The molecule has 12 heavy (non-hydrogen) atoms. The second kappa shape index (κ2) is 4.43. The molecule has 4 heteroatoms. The van der Waals surface area contributed by atoms with Crippen LogP contribution in [0.5, 0.6) is 0 Å². The van der Waals surface area contributed by atoms with Gasteiger partial charge in [-0.05, 0) is 18.6 Å². The van der Waals surface area contributed by atoms with Gasteiger partial charge in [0.2, 0.25) is 0 Å². The van der Waals surface area contributed by atoms with Crippen molar-refractivity contribution in [1.29, 1.82) is 0 Å². The third-order valence-corrected chi connectivity index (χ3v) is 1.22. The number of hydrogen-bond acceptors (Lipinski definition) is 4. The van der Waals surface area contributed by atoms with E-state index in [1.807, 2.05) is 6.92 Å². The number of carbonyl (C=O) groups is 1. The van der Waals surface area contributed by atoms with Crippen LogP contribution in [0.2, 0.25) is 0 Å². The van der Waals surface area contributed by atoms with Crippen molar-refractivity contribution in [2.75, 3.05) is 6.61 Å². The first-order valence-electron chi connectivity index (χ1n) is 3.79. The number of rotatable bonds is 3. The molecule has 0 bridgehead atoms. The molecule has 0 fully saturated rings. The van der Waals surface area contributed by atoms with Gasteiger partial charge in [0.05, 0.1) is 6.61 Å². The molecule has 0 aromatic carbocycles. The Morgan fingerprint density at radius 3 is 3.08 bits per heavy atom. The molecule has 0 saturated carbocycles. The first-order chi connectivity index (χ1) is 5.84. The van der Waals surface area contributed by atoms with Gasteiger partial charge in [0.1, 0.15) is 0 Å².